The van der Waals surface area contributed by atoms with Crippen molar-refractivity contribution in [1.29, 1.82) is 0 Å². The van der Waals surface area contributed by atoms with E-state index in [4.69, 9.17) is 9.72 Å². The van der Waals surface area contributed by atoms with Crippen molar-refractivity contribution in [1.82, 2.24) is 15.0 Å². The molecule has 0 aliphatic heterocycles. The Bertz CT molecular complexity index is 808. The van der Waals surface area contributed by atoms with E-state index in [9.17, 15) is 0 Å². The number of hydrogen-bond acceptors (Lipinski definition) is 3. The number of nitrogens with one attached hydrogen (secondary N) is 1. The minimum absolute atomic E-state index is 0.875. The van der Waals surface area contributed by atoms with Gasteiger partial charge in [0.05, 0.1) is 12.8 Å². The Labute approximate surface area is 129 Å². The first kappa shape index (κ1) is 13.1. The lowest BCUT2D eigenvalue weighted by Crippen LogP contribution is -1.91. The molecule has 2 aromatic heterocycles. The average molecular weight is 291 g/mol. The lowest BCUT2D eigenvalue weighted by atomic mass is 10.0. The van der Waals surface area contributed by atoms with E-state index in [2.05, 4.69) is 22.1 Å². The predicted molar refractivity (Wildman–Crippen MR) is 85.8 cm³/mol. The summed E-state index contributed by atoms with van der Waals surface area (Å²) in [6.45, 7) is 0. The van der Waals surface area contributed by atoms with Crippen molar-refractivity contribution >= 4 is 0 Å². The topological polar surface area (TPSA) is 50.8 Å². The Morgan fingerprint density at radius 1 is 1.09 bits per heavy atom. The molecule has 0 saturated heterocycles. The Balaban J connectivity index is 1.87. The van der Waals surface area contributed by atoms with Crippen molar-refractivity contribution in [2.75, 3.05) is 7.11 Å². The number of pyridine rings is 1. The molecular formula is C18H17N3O. The van der Waals surface area contributed by atoms with Crippen molar-refractivity contribution in [2.24, 2.45) is 0 Å². The molecule has 4 heteroatoms. The zero-order chi connectivity index (χ0) is 14.9. The van der Waals surface area contributed by atoms with Crippen LogP contribution in [0.25, 0.3) is 22.6 Å². The minimum atomic E-state index is 0.875. The minimum Gasteiger partial charge on any atom is -0.497 e. The lowest BCUT2D eigenvalue weighted by molar-refractivity contribution is 0.415. The van der Waals surface area contributed by atoms with Crippen molar-refractivity contribution in [2.45, 2.75) is 19.3 Å². The van der Waals surface area contributed by atoms with Gasteiger partial charge in [0.2, 0.25) is 0 Å². The highest BCUT2D eigenvalue weighted by Gasteiger charge is 2.19. The summed E-state index contributed by atoms with van der Waals surface area (Å²) in [4.78, 5) is 12.4. The van der Waals surface area contributed by atoms with Gasteiger partial charge in [0.25, 0.3) is 0 Å². The van der Waals surface area contributed by atoms with Crippen LogP contribution in [-0.4, -0.2) is 22.1 Å². The molecule has 110 valence electrons. The highest BCUT2D eigenvalue weighted by atomic mass is 16.5. The molecule has 2 heterocycles. The van der Waals surface area contributed by atoms with E-state index in [0.717, 1.165) is 42.1 Å². The Hall–Kier alpha value is -2.62. The second-order valence-corrected chi connectivity index (χ2v) is 5.53. The third-order valence-corrected chi connectivity index (χ3v) is 4.18. The molecule has 4 nitrogen and oxygen atoms in total. The van der Waals surface area contributed by atoms with Crippen LogP contribution in [0.15, 0.2) is 42.7 Å². The SMILES string of the molecule is COc1ccc2c(c1)-c1nc(-c3ccncc3)[nH]c1CCC2. The fourth-order valence-electron chi connectivity index (χ4n) is 3.04. The van der Waals surface area contributed by atoms with E-state index in [1.165, 1.54) is 16.8 Å². The van der Waals surface area contributed by atoms with Crippen molar-refractivity contribution in [3.8, 4) is 28.4 Å². The summed E-state index contributed by atoms with van der Waals surface area (Å²) in [5.41, 5.74) is 5.85. The van der Waals surface area contributed by atoms with Crippen LogP contribution in [0.2, 0.25) is 0 Å². The first-order chi connectivity index (χ1) is 10.8. The zero-order valence-electron chi connectivity index (χ0n) is 12.5. The summed E-state index contributed by atoms with van der Waals surface area (Å²) in [6.07, 6.45) is 6.81. The fraction of sp³-hybridized carbons (Fsp3) is 0.222. The van der Waals surface area contributed by atoms with Crippen molar-refractivity contribution in [3.63, 3.8) is 0 Å². The van der Waals surface area contributed by atoms with E-state index in [0.29, 0.717) is 0 Å². The molecule has 22 heavy (non-hydrogen) atoms. The summed E-state index contributed by atoms with van der Waals surface area (Å²) in [6, 6.07) is 10.2. The monoisotopic (exact) mass is 291 g/mol. The van der Waals surface area contributed by atoms with Gasteiger partial charge in [0.15, 0.2) is 0 Å². The average Bonchev–Trinajstić information content (AvgIpc) is 2.93. The summed E-state index contributed by atoms with van der Waals surface area (Å²) in [7, 11) is 1.70. The molecule has 0 amide bonds. The quantitative estimate of drug-likeness (QED) is 0.784. The van der Waals surface area contributed by atoms with Gasteiger partial charge >= 0.3 is 0 Å². The molecule has 1 N–H and O–H groups in total. The summed E-state index contributed by atoms with van der Waals surface area (Å²) >= 11 is 0. The molecule has 0 unspecified atom stereocenters. The molecule has 0 spiro atoms. The second-order valence-electron chi connectivity index (χ2n) is 5.53. The highest BCUT2D eigenvalue weighted by molar-refractivity contribution is 5.72. The van der Waals surface area contributed by atoms with Gasteiger partial charge in [-0.25, -0.2) is 4.98 Å². The number of aromatic amines is 1. The van der Waals surface area contributed by atoms with Gasteiger partial charge in [0.1, 0.15) is 11.6 Å². The van der Waals surface area contributed by atoms with Crippen LogP contribution >= 0.6 is 0 Å². The third-order valence-electron chi connectivity index (χ3n) is 4.18. The number of ether oxygens (including phenoxy) is 1. The molecular weight excluding hydrogens is 274 g/mol. The van der Waals surface area contributed by atoms with Gasteiger partial charge in [-0.05, 0) is 49.1 Å². The summed E-state index contributed by atoms with van der Waals surface area (Å²) in [5.74, 6) is 1.78. The Kier molecular flexibility index (Phi) is 3.15. The summed E-state index contributed by atoms with van der Waals surface area (Å²) < 4.78 is 5.38. The molecule has 4 rings (SSSR count). The number of imidazole rings is 1. The van der Waals surface area contributed by atoms with Crippen molar-refractivity contribution in [3.05, 3.63) is 54.0 Å². The van der Waals surface area contributed by atoms with E-state index >= 15 is 0 Å². The van der Waals surface area contributed by atoms with Crippen LogP contribution in [0.4, 0.5) is 0 Å². The smallest absolute Gasteiger partial charge is 0.138 e. The number of rotatable bonds is 2. The number of aryl methyl sites for hydroxylation is 2. The standard InChI is InChI=1S/C18H17N3O/c1-22-14-6-5-12-3-2-4-16-17(15(12)11-14)21-18(20-16)13-7-9-19-10-8-13/h5-11H,2-4H2,1H3,(H,20,21). The molecule has 1 aromatic carbocycles. The van der Waals surface area contributed by atoms with Gasteiger partial charge in [-0.1, -0.05) is 6.07 Å². The van der Waals surface area contributed by atoms with Crippen LogP contribution in [0, 0.1) is 0 Å². The van der Waals surface area contributed by atoms with Gasteiger partial charge in [0, 0.05) is 29.2 Å². The zero-order valence-corrected chi connectivity index (χ0v) is 12.5. The van der Waals surface area contributed by atoms with E-state index < -0.39 is 0 Å². The number of H-pyrrole nitrogens is 1. The normalized spacial score (nSPS) is 13.1. The molecule has 0 radical (unpaired) electrons. The van der Waals surface area contributed by atoms with Crippen LogP contribution in [0.1, 0.15) is 17.7 Å². The van der Waals surface area contributed by atoms with Crippen molar-refractivity contribution < 1.29 is 4.74 Å². The molecule has 0 saturated carbocycles. The third kappa shape index (κ3) is 2.17. The van der Waals surface area contributed by atoms with Gasteiger partial charge < -0.3 is 9.72 Å². The maximum Gasteiger partial charge on any atom is 0.138 e. The molecule has 0 atom stereocenters. The van der Waals surface area contributed by atoms with E-state index in [1.54, 1.807) is 19.5 Å². The van der Waals surface area contributed by atoms with Crippen LogP contribution < -0.4 is 4.74 Å². The number of hydrogen-bond donors (Lipinski definition) is 1. The Morgan fingerprint density at radius 2 is 1.95 bits per heavy atom. The first-order valence-corrected chi connectivity index (χ1v) is 7.52. The highest BCUT2D eigenvalue weighted by Crippen LogP contribution is 2.35. The maximum absolute atomic E-state index is 5.38. The van der Waals surface area contributed by atoms with Crippen LogP contribution in [-0.2, 0) is 12.8 Å². The Morgan fingerprint density at radius 3 is 2.77 bits per heavy atom. The first-order valence-electron chi connectivity index (χ1n) is 7.52. The number of fused-ring (bicyclic) bond motifs is 3. The molecule has 0 fully saturated rings. The van der Waals surface area contributed by atoms with Gasteiger partial charge in [-0.3, -0.25) is 4.98 Å². The van der Waals surface area contributed by atoms with Gasteiger partial charge in [-0.15, -0.1) is 0 Å². The number of methoxy groups -OCH3 is 1. The number of benzene rings is 1. The molecule has 3 aromatic rings. The molecule has 1 aliphatic rings. The molecule has 1 aliphatic carbocycles. The van der Waals surface area contributed by atoms with E-state index in [-0.39, 0.29) is 0 Å². The lowest BCUT2D eigenvalue weighted by Gasteiger charge is -2.07. The number of aromatic nitrogens is 3. The largest absolute Gasteiger partial charge is 0.497 e. The van der Waals surface area contributed by atoms with Gasteiger partial charge in [-0.2, -0.15) is 0 Å². The predicted octanol–water partition coefficient (Wildman–Crippen LogP) is 3.64. The summed E-state index contributed by atoms with van der Waals surface area (Å²) in [5, 5.41) is 0. The van der Waals surface area contributed by atoms with Crippen LogP contribution in [0.3, 0.4) is 0 Å². The fourth-order valence-corrected chi connectivity index (χ4v) is 3.04. The maximum atomic E-state index is 5.38. The molecule has 0 bridgehead atoms. The van der Waals surface area contributed by atoms with Crippen LogP contribution in [0.5, 0.6) is 5.75 Å². The number of nitrogens with zero attached hydrogens (tertiary/aromatic N) is 2. The second kappa shape index (κ2) is 5.30. The van der Waals surface area contributed by atoms with E-state index in [1.807, 2.05) is 18.2 Å².